The van der Waals surface area contributed by atoms with Crippen molar-refractivity contribution in [3.05, 3.63) is 0 Å². The molecule has 0 radical (unpaired) electrons. The Balaban J connectivity index is 0.00000225. The molecule has 1 amide bonds. The van der Waals surface area contributed by atoms with Gasteiger partial charge in [0, 0.05) is 32.2 Å². The lowest BCUT2D eigenvalue weighted by molar-refractivity contribution is -0.123. The van der Waals surface area contributed by atoms with Crippen LogP contribution >= 0.6 is 12.4 Å². The molecule has 1 fully saturated rings. The zero-order valence-electron chi connectivity index (χ0n) is 10.5. The monoisotopic (exact) mass is 249 g/mol. The van der Waals surface area contributed by atoms with E-state index in [1.807, 2.05) is 0 Å². The van der Waals surface area contributed by atoms with Crippen LogP contribution in [0.2, 0.25) is 0 Å². The predicted molar refractivity (Wildman–Crippen MR) is 69.0 cm³/mol. The average molecular weight is 250 g/mol. The van der Waals surface area contributed by atoms with Crippen molar-refractivity contribution in [3.63, 3.8) is 0 Å². The van der Waals surface area contributed by atoms with E-state index in [0.717, 1.165) is 26.2 Å². The maximum atomic E-state index is 11.6. The third-order valence-electron chi connectivity index (χ3n) is 2.69. The van der Waals surface area contributed by atoms with Gasteiger partial charge in [-0.25, -0.2) is 0 Å². The van der Waals surface area contributed by atoms with E-state index in [4.69, 9.17) is 0 Å². The number of amides is 1. The Morgan fingerprint density at radius 2 is 2.25 bits per heavy atom. The summed E-state index contributed by atoms with van der Waals surface area (Å²) in [6.07, 6.45) is 0. The largest absolute Gasteiger partial charge is 0.355 e. The van der Waals surface area contributed by atoms with E-state index in [9.17, 15) is 4.79 Å². The molecule has 96 valence electrons. The normalized spacial score (nSPS) is 21.6. The number of nitrogens with one attached hydrogen (secondary N) is 2. The number of carbonyl (C=O) groups excluding carboxylic acids is 1. The Kier molecular flexibility index (Phi) is 7.72. The van der Waals surface area contributed by atoms with E-state index in [0.29, 0.717) is 18.5 Å². The lowest BCUT2D eigenvalue weighted by Gasteiger charge is -2.33. The fraction of sp³-hybridized carbons (Fsp3) is 0.909. The molecule has 0 aromatic heterocycles. The maximum Gasteiger partial charge on any atom is 0.234 e. The standard InChI is InChI=1S/C11H23N3O.ClH/c1-9(2)6-13-11(15)8-14-5-4-12-7-10(14)3;/h9-10,12H,4-8H2,1-3H3,(H,13,15);1H/t10-;/m1./s1. The van der Waals surface area contributed by atoms with Gasteiger partial charge in [0.1, 0.15) is 0 Å². The molecule has 0 spiro atoms. The van der Waals surface area contributed by atoms with Crippen LogP contribution in [0, 0.1) is 5.92 Å². The van der Waals surface area contributed by atoms with Gasteiger partial charge in [-0.1, -0.05) is 13.8 Å². The molecular weight excluding hydrogens is 226 g/mol. The first-order chi connectivity index (χ1) is 7.09. The van der Waals surface area contributed by atoms with Gasteiger partial charge in [-0.15, -0.1) is 12.4 Å². The molecule has 0 unspecified atom stereocenters. The summed E-state index contributed by atoms with van der Waals surface area (Å²) >= 11 is 0. The van der Waals surface area contributed by atoms with Crippen molar-refractivity contribution in [1.82, 2.24) is 15.5 Å². The highest BCUT2D eigenvalue weighted by Gasteiger charge is 2.19. The van der Waals surface area contributed by atoms with Crippen LogP contribution in [0.1, 0.15) is 20.8 Å². The summed E-state index contributed by atoms with van der Waals surface area (Å²) in [5.41, 5.74) is 0. The zero-order chi connectivity index (χ0) is 11.3. The molecule has 4 nitrogen and oxygen atoms in total. The number of rotatable bonds is 4. The molecule has 1 aliphatic heterocycles. The summed E-state index contributed by atoms with van der Waals surface area (Å²) < 4.78 is 0. The molecule has 1 atom stereocenters. The second kappa shape index (κ2) is 7.87. The van der Waals surface area contributed by atoms with E-state index in [2.05, 4.69) is 36.3 Å². The summed E-state index contributed by atoms with van der Waals surface area (Å²) in [6.45, 7) is 10.6. The molecule has 1 aliphatic rings. The SMILES string of the molecule is CC(C)CNC(=O)CN1CCNC[C@H]1C.Cl. The summed E-state index contributed by atoms with van der Waals surface area (Å²) in [4.78, 5) is 13.8. The van der Waals surface area contributed by atoms with Gasteiger partial charge in [0.25, 0.3) is 0 Å². The van der Waals surface area contributed by atoms with Crippen molar-refractivity contribution >= 4 is 18.3 Å². The third-order valence-corrected chi connectivity index (χ3v) is 2.69. The second-order valence-corrected chi connectivity index (χ2v) is 4.72. The Labute approximate surface area is 105 Å². The molecule has 2 N–H and O–H groups in total. The van der Waals surface area contributed by atoms with Crippen molar-refractivity contribution in [2.24, 2.45) is 5.92 Å². The number of nitrogens with zero attached hydrogens (tertiary/aromatic N) is 1. The van der Waals surface area contributed by atoms with Gasteiger partial charge in [0.05, 0.1) is 6.54 Å². The van der Waals surface area contributed by atoms with Gasteiger partial charge in [-0.3, -0.25) is 9.69 Å². The molecule has 16 heavy (non-hydrogen) atoms. The summed E-state index contributed by atoms with van der Waals surface area (Å²) in [5, 5.41) is 6.26. The number of carbonyl (C=O) groups is 1. The Morgan fingerprint density at radius 3 is 2.81 bits per heavy atom. The quantitative estimate of drug-likeness (QED) is 0.762. The van der Waals surface area contributed by atoms with E-state index >= 15 is 0 Å². The molecule has 0 aromatic carbocycles. The van der Waals surface area contributed by atoms with E-state index < -0.39 is 0 Å². The zero-order valence-corrected chi connectivity index (χ0v) is 11.3. The van der Waals surface area contributed by atoms with Crippen LogP contribution in [0.4, 0.5) is 0 Å². The topological polar surface area (TPSA) is 44.4 Å². The van der Waals surface area contributed by atoms with Crippen LogP contribution in [-0.2, 0) is 4.79 Å². The highest BCUT2D eigenvalue weighted by atomic mass is 35.5. The summed E-state index contributed by atoms with van der Waals surface area (Å²) in [5.74, 6) is 0.673. The van der Waals surface area contributed by atoms with Crippen LogP contribution < -0.4 is 10.6 Å². The minimum Gasteiger partial charge on any atom is -0.355 e. The van der Waals surface area contributed by atoms with Crippen molar-refractivity contribution < 1.29 is 4.79 Å². The lowest BCUT2D eigenvalue weighted by atomic mass is 10.2. The third kappa shape index (κ3) is 5.68. The van der Waals surface area contributed by atoms with Crippen LogP contribution in [-0.4, -0.2) is 49.6 Å². The fourth-order valence-corrected chi connectivity index (χ4v) is 1.68. The Bertz CT molecular complexity index is 211. The Hall–Kier alpha value is -0.320. The molecule has 1 rings (SSSR count). The lowest BCUT2D eigenvalue weighted by Crippen LogP contribution is -2.52. The minimum atomic E-state index is 0. The minimum absolute atomic E-state index is 0. The second-order valence-electron chi connectivity index (χ2n) is 4.72. The highest BCUT2D eigenvalue weighted by molar-refractivity contribution is 5.85. The van der Waals surface area contributed by atoms with Crippen molar-refractivity contribution in [2.75, 3.05) is 32.7 Å². The van der Waals surface area contributed by atoms with E-state index in [1.54, 1.807) is 0 Å². The number of hydrogen-bond acceptors (Lipinski definition) is 3. The molecule has 1 saturated heterocycles. The molecule has 0 aromatic rings. The van der Waals surface area contributed by atoms with Crippen LogP contribution in [0.15, 0.2) is 0 Å². The van der Waals surface area contributed by atoms with Gasteiger partial charge >= 0.3 is 0 Å². The van der Waals surface area contributed by atoms with Gasteiger partial charge in [-0.05, 0) is 12.8 Å². The van der Waals surface area contributed by atoms with E-state index in [-0.39, 0.29) is 18.3 Å². The average Bonchev–Trinajstić information content (AvgIpc) is 2.18. The Morgan fingerprint density at radius 1 is 1.56 bits per heavy atom. The number of hydrogen-bond donors (Lipinski definition) is 2. The highest BCUT2D eigenvalue weighted by Crippen LogP contribution is 2.01. The van der Waals surface area contributed by atoms with Crippen molar-refractivity contribution in [3.8, 4) is 0 Å². The molecule has 0 saturated carbocycles. The first-order valence-corrected chi connectivity index (χ1v) is 5.81. The fourth-order valence-electron chi connectivity index (χ4n) is 1.68. The first-order valence-electron chi connectivity index (χ1n) is 5.81. The van der Waals surface area contributed by atoms with Crippen molar-refractivity contribution in [1.29, 1.82) is 0 Å². The van der Waals surface area contributed by atoms with Crippen LogP contribution in [0.25, 0.3) is 0 Å². The smallest absolute Gasteiger partial charge is 0.234 e. The molecular formula is C11H24ClN3O. The van der Waals surface area contributed by atoms with Crippen molar-refractivity contribution in [2.45, 2.75) is 26.8 Å². The molecule has 0 aliphatic carbocycles. The summed E-state index contributed by atoms with van der Waals surface area (Å²) in [6, 6.07) is 0.462. The molecule has 1 heterocycles. The first kappa shape index (κ1) is 15.7. The van der Waals surface area contributed by atoms with E-state index in [1.165, 1.54) is 0 Å². The maximum absolute atomic E-state index is 11.6. The van der Waals surface area contributed by atoms with Gasteiger partial charge in [0.2, 0.25) is 5.91 Å². The predicted octanol–water partition coefficient (Wildman–Crippen LogP) is 0.474. The summed E-state index contributed by atoms with van der Waals surface area (Å²) in [7, 11) is 0. The van der Waals surface area contributed by atoms with Gasteiger partial charge in [0.15, 0.2) is 0 Å². The molecule has 5 heteroatoms. The number of piperazine rings is 1. The van der Waals surface area contributed by atoms with Crippen LogP contribution in [0.3, 0.4) is 0 Å². The number of halogens is 1. The molecule has 0 bridgehead atoms. The van der Waals surface area contributed by atoms with Gasteiger partial charge < -0.3 is 10.6 Å². The van der Waals surface area contributed by atoms with Gasteiger partial charge in [-0.2, -0.15) is 0 Å². The van der Waals surface area contributed by atoms with Crippen LogP contribution in [0.5, 0.6) is 0 Å².